The van der Waals surface area contributed by atoms with Crippen molar-refractivity contribution < 1.29 is 19.4 Å². The highest BCUT2D eigenvalue weighted by molar-refractivity contribution is 9.10. The summed E-state index contributed by atoms with van der Waals surface area (Å²) < 4.78 is 12.9. The van der Waals surface area contributed by atoms with E-state index in [-0.39, 0.29) is 23.7 Å². The fourth-order valence-corrected chi connectivity index (χ4v) is 4.58. The van der Waals surface area contributed by atoms with Crippen LogP contribution < -0.4 is 15.5 Å². The number of aliphatic hydroxyl groups is 1. The lowest BCUT2D eigenvalue weighted by Crippen LogP contribution is -2.42. The molecule has 168 valence electrons. The first-order chi connectivity index (χ1) is 14.8. The van der Waals surface area contributed by atoms with Gasteiger partial charge >= 0.3 is 6.09 Å². The lowest BCUT2D eigenvalue weighted by atomic mass is 9.67. The van der Waals surface area contributed by atoms with Gasteiger partial charge < -0.3 is 24.5 Å². The quantitative estimate of drug-likeness (QED) is 0.569. The molecule has 2 heterocycles. The second-order valence-corrected chi connectivity index (χ2v) is 9.13. The van der Waals surface area contributed by atoms with Gasteiger partial charge in [0.15, 0.2) is 5.75 Å². The summed E-state index contributed by atoms with van der Waals surface area (Å²) >= 11 is 3.28. The van der Waals surface area contributed by atoms with Crippen molar-refractivity contribution in [1.29, 1.82) is 0 Å². The van der Waals surface area contributed by atoms with Crippen LogP contribution in [0.4, 0.5) is 4.79 Å². The topological polar surface area (TPSA) is 89.8 Å². The number of halogens is 1. The van der Waals surface area contributed by atoms with Gasteiger partial charge in [-0.15, -0.1) is 0 Å². The predicted octanol–water partition coefficient (Wildman–Crippen LogP) is 4.02. The van der Waals surface area contributed by atoms with Crippen LogP contribution in [0.5, 0.6) is 5.75 Å². The number of ether oxygens (including phenoxy) is 2. The Morgan fingerprint density at radius 1 is 1.35 bits per heavy atom. The molecule has 0 bridgehead atoms. The van der Waals surface area contributed by atoms with E-state index in [0.29, 0.717) is 36.1 Å². The Labute approximate surface area is 190 Å². The number of nitrogens with zero attached hydrogens (tertiary/aromatic N) is 1. The molecule has 1 aromatic carbocycles. The largest absolute Gasteiger partial charge is 0.491 e. The number of nitrogens with one attached hydrogen (secondary N) is 1. The summed E-state index contributed by atoms with van der Waals surface area (Å²) in [4.78, 5) is 24.4. The van der Waals surface area contributed by atoms with Gasteiger partial charge in [-0.3, -0.25) is 4.79 Å². The van der Waals surface area contributed by atoms with Crippen LogP contribution >= 0.6 is 15.9 Å². The van der Waals surface area contributed by atoms with Crippen LogP contribution in [0, 0.1) is 11.3 Å². The van der Waals surface area contributed by atoms with E-state index >= 15 is 0 Å². The third-order valence-electron chi connectivity index (χ3n) is 6.29. The summed E-state index contributed by atoms with van der Waals surface area (Å²) in [6.07, 6.45) is 1.72. The molecule has 0 saturated carbocycles. The maximum Gasteiger partial charge on any atom is 0.407 e. The SMILES string of the molecule is COc1c2n(cc(Br)c1=O)CC(C)[C@](C)(CCCNC(=O)OCc1ccccc1)C2O. The lowest BCUT2D eigenvalue weighted by Gasteiger charge is -2.46. The molecule has 2 aromatic rings. The number of carbonyl (C=O) groups is 1. The van der Waals surface area contributed by atoms with Gasteiger partial charge in [-0.25, -0.2) is 4.79 Å². The van der Waals surface area contributed by atoms with Gasteiger partial charge in [0.05, 0.1) is 17.3 Å². The number of alkyl carbamates (subject to hydrolysis) is 1. The summed E-state index contributed by atoms with van der Waals surface area (Å²) in [7, 11) is 1.44. The highest BCUT2D eigenvalue weighted by atomic mass is 79.9. The molecule has 8 heteroatoms. The highest BCUT2D eigenvalue weighted by Gasteiger charge is 2.45. The summed E-state index contributed by atoms with van der Waals surface area (Å²) in [5.74, 6) is 0.321. The molecule has 0 spiro atoms. The second kappa shape index (κ2) is 9.87. The van der Waals surface area contributed by atoms with Gasteiger partial charge in [0.2, 0.25) is 5.43 Å². The van der Waals surface area contributed by atoms with E-state index in [1.165, 1.54) is 7.11 Å². The number of rotatable bonds is 7. The van der Waals surface area contributed by atoms with E-state index in [2.05, 4.69) is 28.2 Å². The van der Waals surface area contributed by atoms with Crippen LogP contribution in [0.25, 0.3) is 0 Å². The third-order valence-corrected chi connectivity index (χ3v) is 6.86. The van der Waals surface area contributed by atoms with Gasteiger partial charge in [0.1, 0.15) is 12.7 Å². The molecule has 2 N–H and O–H groups in total. The molecule has 0 fully saturated rings. The molecule has 1 aromatic heterocycles. The summed E-state index contributed by atoms with van der Waals surface area (Å²) in [6.45, 7) is 5.43. The minimum Gasteiger partial charge on any atom is -0.491 e. The van der Waals surface area contributed by atoms with Gasteiger partial charge in [0.25, 0.3) is 0 Å². The average molecular weight is 493 g/mol. The molecule has 3 rings (SSSR count). The second-order valence-electron chi connectivity index (χ2n) is 8.28. The van der Waals surface area contributed by atoms with Crippen molar-refractivity contribution in [3.05, 3.63) is 62.5 Å². The average Bonchev–Trinajstić information content (AvgIpc) is 2.76. The van der Waals surface area contributed by atoms with Gasteiger partial charge in [0, 0.05) is 24.7 Å². The fraction of sp³-hybridized carbons (Fsp3) is 0.478. The number of carbonyl (C=O) groups excluding carboxylic acids is 1. The molecule has 1 aliphatic heterocycles. The number of benzene rings is 1. The van der Waals surface area contributed by atoms with Crippen LogP contribution in [-0.4, -0.2) is 29.4 Å². The number of fused-ring (bicyclic) bond motifs is 1. The van der Waals surface area contributed by atoms with Crippen LogP contribution in [0.2, 0.25) is 0 Å². The Kier molecular flexibility index (Phi) is 7.43. The molecular weight excluding hydrogens is 464 g/mol. The van der Waals surface area contributed by atoms with Crippen LogP contribution in [0.3, 0.4) is 0 Å². The molecule has 7 nitrogen and oxygen atoms in total. The number of aromatic nitrogens is 1. The Bertz CT molecular complexity index is 978. The number of hydrogen-bond acceptors (Lipinski definition) is 5. The normalized spacial score (nSPS) is 22.5. The van der Waals surface area contributed by atoms with Gasteiger partial charge in [-0.2, -0.15) is 0 Å². The van der Waals surface area contributed by atoms with Crippen LogP contribution in [-0.2, 0) is 17.9 Å². The summed E-state index contributed by atoms with van der Waals surface area (Å²) in [5.41, 5.74) is 0.696. The predicted molar refractivity (Wildman–Crippen MR) is 121 cm³/mol. The van der Waals surface area contributed by atoms with E-state index in [4.69, 9.17) is 9.47 Å². The molecule has 0 aliphatic carbocycles. The maximum absolute atomic E-state index is 12.5. The van der Waals surface area contributed by atoms with Gasteiger partial charge in [-0.1, -0.05) is 44.2 Å². The zero-order valence-corrected chi connectivity index (χ0v) is 19.6. The highest BCUT2D eigenvalue weighted by Crippen LogP contribution is 2.49. The van der Waals surface area contributed by atoms with E-state index in [1.807, 2.05) is 41.8 Å². The van der Waals surface area contributed by atoms with Crippen molar-refractivity contribution in [3.63, 3.8) is 0 Å². The molecule has 1 aliphatic rings. The van der Waals surface area contributed by atoms with E-state index in [9.17, 15) is 14.7 Å². The van der Waals surface area contributed by atoms with E-state index in [0.717, 1.165) is 5.56 Å². The summed E-state index contributed by atoms with van der Waals surface area (Å²) in [6, 6.07) is 9.50. The first-order valence-electron chi connectivity index (χ1n) is 10.4. The first-order valence-corrected chi connectivity index (χ1v) is 11.2. The van der Waals surface area contributed by atoms with Crippen molar-refractivity contribution in [2.75, 3.05) is 13.7 Å². The lowest BCUT2D eigenvalue weighted by molar-refractivity contribution is -0.0430. The minimum absolute atomic E-state index is 0.152. The van der Waals surface area contributed by atoms with Gasteiger partial charge in [-0.05, 0) is 40.3 Å². The van der Waals surface area contributed by atoms with Crippen molar-refractivity contribution in [1.82, 2.24) is 9.88 Å². The molecular formula is C23H29BrN2O5. The number of methoxy groups -OCH3 is 1. The third kappa shape index (κ3) is 4.96. The number of aliphatic hydroxyl groups excluding tert-OH is 1. The van der Waals surface area contributed by atoms with Crippen LogP contribution in [0.15, 0.2) is 45.8 Å². The molecule has 0 saturated heterocycles. The van der Waals surface area contributed by atoms with Crippen LogP contribution in [0.1, 0.15) is 44.1 Å². The number of pyridine rings is 1. The smallest absolute Gasteiger partial charge is 0.407 e. The number of hydrogen-bond donors (Lipinski definition) is 2. The monoisotopic (exact) mass is 492 g/mol. The van der Waals surface area contributed by atoms with E-state index in [1.54, 1.807) is 6.20 Å². The standard InChI is InChI=1S/C23H29BrN2O5/c1-15-12-26-13-17(24)19(27)20(30-3)18(26)21(28)23(15,2)10-7-11-25-22(29)31-14-16-8-5-4-6-9-16/h4-6,8-9,13,15,21,28H,7,10-12,14H2,1-3H3,(H,25,29)/t15?,21?,23-/m0/s1. The Morgan fingerprint density at radius 2 is 2.06 bits per heavy atom. The minimum atomic E-state index is -0.864. The molecule has 2 unspecified atom stereocenters. The fourth-order valence-electron chi connectivity index (χ4n) is 4.15. The molecule has 31 heavy (non-hydrogen) atoms. The van der Waals surface area contributed by atoms with E-state index < -0.39 is 17.6 Å². The Hall–Kier alpha value is -2.32. The molecule has 3 atom stereocenters. The first kappa shape index (κ1) is 23.3. The van der Waals surface area contributed by atoms with Crippen molar-refractivity contribution >= 4 is 22.0 Å². The molecule has 0 radical (unpaired) electrons. The zero-order valence-electron chi connectivity index (χ0n) is 18.1. The molecule has 1 amide bonds. The zero-order chi connectivity index (χ0) is 22.6. The maximum atomic E-state index is 12.5. The summed E-state index contributed by atoms with van der Waals surface area (Å²) in [5, 5.41) is 14.0. The Morgan fingerprint density at radius 3 is 2.74 bits per heavy atom. The van der Waals surface area contributed by atoms with Crippen molar-refractivity contribution in [2.45, 2.75) is 45.9 Å². The Balaban J connectivity index is 1.59. The number of amides is 1. The van der Waals surface area contributed by atoms with Crippen molar-refractivity contribution in [2.24, 2.45) is 11.3 Å². The van der Waals surface area contributed by atoms with Crippen molar-refractivity contribution in [3.8, 4) is 5.75 Å².